The van der Waals surface area contributed by atoms with Crippen LogP contribution in [0.1, 0.15) is 32.6 Å². The molecule has 1 heterocycles. The second kappa shape index (κ2) is 3.01. The van der Waals surface area contributed by atoms with Gasteiger partial charge < -0.3 is 5.32 Å². The van der Waals surface area contributed by atoms with E-state index in [0.717, 1.165) is 0 Å². The number of fused-ring (bicyclic) bond motifs is 2. The first-order valence-electron chi connectivity index (χ1n) is 5.70. The molecular formula is C13H17N. The molecule has 0 fully saturated rings. The molecule has 0 saturated carbocycles. The lowest BCUT2D eigenvalue weighted by atomic mass is 9.84. The molecule has 3 aliphatic rings. The van der Waals surface area contributed by atoms with Gasteiger partial charge in [0.05, 0.1) is 6.04 Å². The molecule has 3 rings (SSSR count). The number of nitrogens with one attached hydrogen (secondary N) is 1. The first kappa shape index (κ1) is 8.34. The van der Waals surface area contributed by atoms with Gasteiger partial charge in [0.1, 0.15) is 0 Å². The Morgan fingerprint density at radius 3 is 3.07 bits per heavy atom. The van der Waals surface area contributed by atoms with Gasteiger partial charge >= 0.3 is 0 Å². The van der Waals surface area contributed by atoms with E-state index >= 15 is 0 Å². The largest absolute Gasteiger partial charge is 0.381 e. The van der Waals surface area contributed by atoms with Crippen molar-refractivity contribution in [2.75, 3.05) is 0 Å². The third kappa shape index (κ3) is 1.15. The normalized spacial score (nSPS) is 34.8. The highest BCUT2D eigenvalue weighted by Gasteiger charge is 2.33. The summed E-state index contributed by atoms with van der Waals surface area (Å²) in [5.41, 5.74) is 4.68. The van der Waals surface area contributed by atoms with Gasteiger partial charge in [0, 0.05) is 11.6 Å². The molecule has 2 atom stereocenters. The Balaban J connectivity index is 1.96. The van der Waals surface area contributed by atoms with Crippen LogP contribution in [0.4, 0.5) is 0 Å². The van der Waals surface area contributed by atoms with Gasteiger partial charge in [-0.3, -0.25) is 0 Å². The van der Waals surface area contributed by atoms with Crippen molar-refractivity contribution in [1.29, 1.82) is 0 Å². The second-order valence-corrected chi connectivity index (χ2v) is 4.68. The van der Waals surface area contributed by atoms with E-state index in [2.05, 4.69) is 30.5 Å². The number of hydrogen-bond donors (Lipinski definition) is 1. The first-order chi connectivity index (χ1) is 6.84. The van der Waals surface area contributed by atoms with Gasteiger partial charge in [0.2, 0.25) is 0 Å². The van der Waals surface area contributed by atoms with Crippen molar-refractivity contribution >= 4 is 0 Å². The lowest BCUT2D eigenvalue weighted by Gasteiger charge is -2.20. The number of allylic oxidation sites excluding steroid dienone is 3. The highest BCUT2D eigenvalue weighted by Crippen LogP contribution is 2.39. The maximum Gasteiger partial charge on any atom is 0.0545 e. The topological polar surface area (TPSA) is 12.0 Å². The van der Waals surface area contributed by atoms with E-state index in [9.17, 15) is 0 Å². The maximum absolute atomic E-state index is 3.66. The summed E-state index contributed by atoms with van der Waals surface area (Å²) in [6, 6.07) is 0.571. The van der Waals surface area contributed by atoms with Gasteiger partial charge in [-0.2, -0.15) is 0 Å². The molecule has 1 aliphatic heterocycles. The molecule has 0 aromatic heterocycles. The molecule has 0 spiro atoms. The highest BCUT2D eigenvalue weighted by atomic mass is 15.0. The van der Waals surface area contributed by atoms with Crippen LogP contribution >= 0.6 is 0 Å². The van der Waals surface area contributed by atoms with E-state index < -0.39 is 0 Å². The summed E-state index contributed by atoms with van der Waals surface area (Å²) in [4.78, 5) is 0. The highest BCUT2D eigenvalue weighted by molar-refractivity contribution is 5.39. The van der Waals surface area contributed by atoms with E-state index in [0.29, 0.717) is 12.0 Å². The van der Waals surface area contributed by atoms with Gasteiger partial charge in [-0.05, 0) is 38.2 Å². The van der Waals surface area contributed by atoms with Crippen LogP contribution in [0.25, 0.3) is 0 Å². The zero-order valence-electron chi connectivity index (χ0n) is 8.72. The molecule has 0 saturated heterocycles. The minimum Gasteiger partial charge on any atom is -0.381 e. The molecule has 0 amide bonds. The summed E-state index contributed by atoms with van der Waals surface area (Å²) in [5, 5.41) is 3.66. The third-order valence-corrected chi connectivity index (χ3v) is 3.65. The fraction of sp³-hybridized carbons (Fsp3) is 0.538. The number of hydrogen-bond acceptors (Lipinski definition) is 1. The Kier molecular flexibility index (Phi) is 1.79. The maximum atomic E-state index is 3.66. The summed E-state index contributed by atoms with van der Waals surface area (Å²) in [5.74, 6) is 0.676. The lowest BCUT2D eigenvalue weighted by molar-refractivity contribution is 0.611. The first-order valence-corrected chi connectivity index (χ1v) is 5.70. The average Bonchev–Trinajstić information content (AvgIpc) is 2.56. The molecule has 74 valence electrons. The molecule has 0 bridgehead atoms. The van der Waals surface area contributed by atoms with Gasteiger partial charge in [0.25, 0.3) is 0 Å². The Bertz CT molecular complexity index is 346. The van der Waals surface area contributed by atoms with Crippen molar-refractivity contribution in [3.05, 3.63) is 35.1 Å². The fourth-order valence-corrected chi connectivity index (χ4v) is 2.94. The molecule has 0 aromatic carbocycles. The van der Waals surface area contributed by atoms with E-state index in [1.54, 1.807) is 11.3 Å². The van der Waals surface area contributed by atoms with Gasteiger partial charge in [-0.15, -0.1) is 0 Å². The van der Waals surface area contributed by atoms with Crippen LogP contribution in [-0.4, -0.2) is 6.04 Å². The molecule has 0 radical (unpaired) electrons. The van der Waals surface area contributed by atoms with Crippen LogP contribution in [0, 0.1) is 5.92 Å². The summed E-state index contributed by atoms with van der Waals surface area (Å²) in [6.45, 7) is 2.20. The van der Waals surface area contributed by atoms with Crippen molar-refractivity contribution in [1.82, 2.24) is 5.32 Å². The Morgan fingerprint density at radius 2 is 2.14 bits per heavy atom. The lowest BCUT2D eigenvalue weighted by Crippen LogP contribution is -2.27. The van der Waals surface area contributed by atoms with E-state index in [-0.39, 0.29) is 0 Å². The average molecular weight is 187 g/mol. The zero-order valence-corrected chi connectivity index (χ0v) is 8.72. The fourth-order valence-electron chi connectivity index (χ4n) is 2.94. The third-order valence-electron chi connectivity index (χ3n) is 3.65. The standard InChI is InChI=1S/C13H17N/c1-9-6-7-13-11(8-9)10-4-2-3-5-12(10)14-13/h6-8,11,13-14H,2-5H2,1H3. The van der Waals surface area contributed by atoms with E-state index in [1.807, 2.05) is 0 Å². The van der Waals surface area contributed by atoms with Crippen LogP contribution < -0.4 is 5.32 Å². The summed E-state index contributed by atoms with van der Waals surface area (Å²) in [6.07, 6.45) is 12.4. The molecular weight excluding hydrogens is 170 g/mol. The number of rotatable bonds is 0. The quantitative estimate of drug-likeness (QED) is 0.615. The van der Waals surface area contributed by atoms with Crippen molar-refractivity contribution < 1.29 is 0 Å². The van der Waals surface area contributed by atoms with Gasteiger partial charge in [-0.25, -0.2) is 0 Å². The van der Waals surface area contributed by atoms with E-state index in [1.165, 1.54) is 31.3 Å². The Morgan fingerprint density at radius 1 is 1.29 bits per heavy atom. The van der Waals surface area contributed by atoms with Crippen LogP contribution in [-0.2, 0) is 0 Å². The molecule has 1 N–H and O–H groups in total. The molecule has 1 heteroatoms. The van der Waals surface area contributed by atoms with Crippen molar-refractivity contribution in [2.24, 2.45) is 5.92 Å². The molecule has 2 unspecified atom stereocenters. The van der Waals surface area contributed by atoms with Crippen molar-refractivity contribution in [3.63, 3.8) is 0 Å². The van der Waals surface area contributed by atoms with Gasteiger partial charge in [-0.1, -0.05) is 23.8 Å². The molecule has 1 nitrogen and oxygen atoms in total. The molecule has 0 aromatic rings. The summed E-state index contributed by atoms with van der Waals surface area (Å²) in [7, 11) is 0. The van der Waals surface area contributed by atoms with Crippen LogP contribution in [0.15, 0.2) is 35.1 Å². The monoisotopic (exact) mass is 187 g/mol. The molecule has 2 aliphatic carbocycles. The van der Waals surface area contributed by atoms with Crippen molar-refractivity contribution in [3.8, 4) is 0 Å². The second-order valence-electron chi connectivity index (χ2n) is 4.68. The SMILES string of the molecule is CC1=CC2C3=C(CCCC3)NC2C=C1. The van der Waals surface area contributed by atoms with Crippen LogP contribution in [0.2, 0.25) is 0 Å². The minimum absolute atomic E-state index is 0.571. The predicted octanol–water partition coefficient (Wildman–Crippen LogP) is 2.92. The predicted molar refractivity (Wildman–Crippen MR) is 58.8 cm³/mol. The van der Waals surface area contributed by atoms with Gasteiger partial charge in [0.15, 0.2) is 0 Å². The Hall–Kier alpha value is -0.980. The van der Waals surface area contributed by atoms with Crippen LogP contribution in [0.3, 0.4) is 0 Å². The zero-order chi connectivity index (χ0) is 9.54. The van der Waals surface area contributed by atoms with Crippen molar-refractivity contribution in [2.45, 2.75) is 38.6 Å². The summed E-state index contributed by atoms with van der Waals surface area (Å²) >= 11 is 0. The van der Waals surface area contributed by atoms with E-state index in [4.69, 9.17) is 0 Å². The smallest absolute Gasteiger partial charge is 0.0545 e. The van der Waals surface area contributed by atoms with Crippen LogP contribution in [0.5, 0.6) is 0 Å². The summed E-state index contributed by atoms with van der Waals surface area (Å²) < 4.78 is 0. The molecule has 14 heavy (non-hydrogen) atoms. The minimum atomic E-state index is 0.571. The Labute approximate surface area is 85.6 Å².